The number of ether oxygens (including phenoxy) is 1. The molecule has 2 atom stereocenters. The molecule has 1 N–H and O–H groups in total. The second-order valence-electron chi connectivity index (χ2n) is 6.21. The first-order valence-corrected chi connectivity index (χ1v) is 8.22. The van der Waals surface area contributed by atoms with E-state index in [1.807, 2.05) is 37.3 Å². The Bertz CT molecular complexity index is 517. The molecule has 0 aliphatic carbocycles. The third-order valence-corrected chi connectivity index (χ3v) is 4.26. The van der Waals surface area contributed by atoms with Gasteiger partial charge in [-0.15, -0.1) is 0 Å². The molecule has 5 nitrogen and oxygen atoms in total. The molecule has 2 rings (SSSR count). The van der Waals surface area contributed by atoms with Gasteiger partial charge < -0.3 is 14.7 Å². The van der Waals surface area contributed by atoms with Crippen molar-refractivity contribution in [2.45, 2.75) is 45.3 Å². The summed E-state index contributed by atoms with van der Waals surface area (Å²) >= 11 is 0. The molecule has 0 radical (unpaired) electrons. The highest BCUT2D eigenvalue weighted by molar-refractivity contribution is 5.83. The lowest BCUT2D eigenvalue weighted by atomic mass is 9.92. The molecule has 1 aliphatic rings. The van der Waals surface area contributed by atoms with E-state index in [1.54, 1.807) is 0 Å². The van der Waals surface area contributed by atoms with Gasteiger partial charge in [-0.25, -0.2) is 4.79 Å². The Morgan fingerprint density at radius 3 is 2.74 bits per heavy atom. The standard InChI is InChI=1S/C18H25NO4/c1-14-9-10-19(16(12-14)18(21)22)17(20)8-5-11-23-13-15-6-3-2-4-7-15/h2-4,6-7,14,16H,5,8-13H2,1H3,(H,21,22). The summed E-state index contributed by atoms with van der Waals surface area (Å²) in [5.74, 6) is -0.618. The first-order valence-electron chi connectivity index (χ1n) is 8.22. The van der Waals surface area contributed by atoms with Crippen molar-refractivity contribution in [3.63, 3.8) is 0 Å². The van der Waals surface area contributed by atoms with Gasteiger partial charge in [0, 0.05) is 19.6 Å². The highest BCUT2D eigenvalue weighted by Gasteiger charge is 2.34. The van der Waals surface area contributed by atoms with Crippen molar-refractivity contribution in [1.82, 2.24) is 4.90 Å². The molecular formula is C18H25NO4. The minimum absolute atomic E-state index is 0.0763. The highest BCUT2D eigenvalue weighted by atomic mass is 16.5. The minimum Gasteiger partial charge on any atom is -0.480 e. The summed E-state index contributed by atoms with van der Waals surface area (Å²) < 4.78 is 5.56. The van der Waals surface area contributed by atoms with Crippen LogP contribution in [-0.4, -0.2) is 41.1 Å². The molecule has 126 valence electrons. The lowest BCUT2D eigenvalue weighted by molar-refractivity contribution is -0.153. The van der Waals surface area contributed by atoms with E-state index < -0.39 is 12.0 Å². The highest BCUT2D eigenvalue weighted by Crippen LogP contribution is 2.23. The van der Waals surface area contributed by atoms with Gasteiger partial charge in [0.2, 0.25) is 5.91 Å². The summed E-state index contributed by atoms with van der Waals surface area (Å²) in [5, 5.41) is 9.29. The molecular weight excluding hydrogens is 294 g/mol. The second kappa shape index (κ2) is 8.67. The van der Waals surface area contributed by atoms with Crippen molar-refractivity contribution in [2.75, 3.05) is 13.2 Å². The van der Waals surface area contributed by atoms with Gasteiger partial charge in [-0.3, -0.25) is 4.79 Å². The Labute approximate surface area is 137 Å². The zero-order valence-corrected chi connectivity index (χ0v) is 13.6. The number of carboxylic acids is 1. The monoisotopic (exact) mass is 319 g/mol. The molecule has 2 unspecified atom stereocenters. The molecule has 0 saturated carbocycles. The van der Waals surface area contributed by atoms with Gasteiger partial charge in [0.1, 0.15) is 6.04 Å². The van der Waals surface area contributed by atoms with Crippen molar-refractivity contribution in [3.05, 3.63) is 35.9 Å². The van der Waals surface area contributed by atoms with Gasteiger partial charge in [0.15, 0.2) is 0 Å². The third-order valence-electron chi connectivity index (χ3n) is 4.26. The number of nitrogens with zero attached hydrogens (tertiary/aromatic N) is 1. The van der Waals surface area contributed by atoms with Gasteiger partial charge in [-0.1, -0.05) is 37.3 Å². The SMILES string of the molecule is CC1CCN(C(=O)CCCOCc2ccccc2)C(C(=O)O)C1. The zero-order valence-electron chi connectivity index (χ0n) is 13.6. The number of hydrogen-bond donors (Lipinski definition) is 1. The molecule has 1 aromatic rings. The number of carbonyl (C=O) groups is 2. The Balaban J connectivity index is 1.70. The van der Waals surface area contributed by atoms with Crippen LogP contribution in [0.2, 0.25) is 0 Å². The van der Waals surface area contributed by atoms with Crippen LogP contribution < -0.4 is 0 Å². The van der Waals surface area contributed by atoms with Crippen LogP contribution in [0.5, 0.6) is 0 Å². The van der Waals surface area contributed by atoms with E-state index in [0.717, 1.165) is 12.0 Å². The summed E-state index contributed by atoms with van der Waals surface area (Å²) in [6.45, 7) is 3.62. The molecule has 0 bridgehead atoms. The topological polar surface area (TPSA) is 66.8 Å². The molecule has 1 amide bonds. The molecule has 1 aromatic carbocycles. The molecule has 1 aliphatic heterocycles. The Morgan fingerprint density at radius 2 is 2.04 bits per heavy atom. The number of hydrogen-bond acceptors (Lipinski definition) is 3. The van der Waals surface area contributed by atoms with Crippen LogP contribution in [0.3, 0.4) is 0 Å². The van der Waals surface area contributed by atoms with Crippen molar-refractivity contribution in [2.24, 2.45) is 5.92 Å². The van der Waals surface area contributed by atoms with Crippen molar-refractivity contribution < 1.29 is 19.4 Å². The molecule has 5 heteroatoms. The van der Waals surface area contributed by atoms with Gasteiger partial charge >= 0.3 is 5.97 Å². The second-order valence-corrected chi connectivity index (χ2v) is 6.21. The lowest BCUT2D eigenvalue weighted by Gasteiger charge is -2.36. The van der Waals surface area contributed by atoms with E-state index in [-0.39, 0.29) is 5.91 Å². The molecule has 1 heterocycles. The van der Waals surface area contributed by atoms with Crippen molar-refractivity contribution in [3.8, 4) is 0 Å². The van der Waals surface area contributed by atoms with Crippen LogP contribution in [0.4, 0.5) is 0 Å². The predicted octanol–water partition coefficient (Wildman–Crippen LogP) is 2.70. The summed E-state index contributed by atoms with van der Waals surface area (Å²) in [6, 6.07) is 9.21. The van der Waals surface area contributed by atoms with Gasteiger partial charge in [-0.05, 0) is 30.7 Å². The van der Waals surface area contributed by atoms with E-state index >= 15 is 0 Å². The van der Waals surface area contributed by atoms with Gasteiger partial charge in [-0.2, -0.15) is 0 Å². The van der Waals surface area contributed by atoms with E-state index in [4.69, 9.17) is 4.74 Å². The normalized spacial score (nSPS) is 21.2. The van der Waals surface area contributed by atoms with E-state index in [2.05, 4.69) is 0 Å². The number of rotatable bonds is 7. The van der Waals surface area contributed by atoms with Crippen LogP contribution in [-0.2, 0) is 20.9 Å². The number of benzene rings is 1. The number of piperidine rings is 1. The van der Waals surface area contributed by atoms with Gasteiger partial charge in [0.05, 0.1) is 6.61 Å². The fourth-order valence-electron chi connectivity index (χ4n) is 2.91. The smallest absolute Gasteiger partial charge is 0.326 e. The first kappa shape index (κ1) is 17.5. The minimum atomic E-state index is -0.898. The number of amides is 1. The van der Waals surface area contributed by atoms with E-state index in [1.165, 1.54) is 4.90 Å². The fraction of sp³-hybridized carbons (Fsp3) is 0.556. The zero-order chi connectivity index (χ0) is 16.7. The summed E-state index contributed by atoms with van der Waals surface area (Å²) in [5.41, 5.74) is 1.11. The third kappa shape index (κ3) is 5.36. The quantitative estimate of drug-likeness (QED) is 0.785. The number of likely N-dealkylation sites (tertiary alicyclic amines) is 1. The summed E-state index contributed by atoms with van der Waals surface area (Å²) in [4.78, 5) is 25.1. The van der Waals surface area contributed by atoms with Gasteiger partial charge in [0.25, 0.3) is 0 Å². The largest absolute Gasteiger partial charge is 0.480 e. The number of aliphatic carboxylic acids is 1. The van der Waals surface area contributed by atoms with E-state index in [0.29, 0.717) is 44.9 Å². The maximum absolute atomic E-state index is 12.3. The Kier molecular flexibility index (Phi) is 6.59. The molecule has 0 aromatic heterocycles. The average Bonchev–Trinajstić information content (AvgIpc) is 2.55. The lowest BCUT2D eigenvalue weighted by Crippen LogP contribution is -2.49. The first-order chi connectivity index (χ1) is 11.1. The van der Waals surface area contributed by atoms with Crippen LogP contribution in [0, 0.1) is 5.92 Å². The fourth-order valence-corrected chi connectivity index (χ4v) is 2.91. The maximum atomic E-state index is 12.3. The van der Waals surface area contributed by atoms with Crippen molar-refractivity contribution >= 4 is 11.9 Å². The van der Waals surface area contributed by atoms with Crippen LogP contribution in [0.25, 0.3) is 0 Å². The van der Waals surface area contributed by atoms with E-state index in [9.17, 15) is 14.7 Å². The molecule has 1 saturated heterocycles. The van der Waals surface area contributed by atoms with Crippen LogP contribution in [0.15, 0.2) is 30.3 Å². The summed E-state index contributed by atoms with van der Waals surface area (Å²) in [6.07, 6.45) is 2.38. The summed E-state index contributed by atoms with van der Waals surface area (Å²) in [7, 11) is 0. The molecule has 0 spiro atoms. The molecule has 1 fully saturated rings. The molecule has 23 heavy (non-hydrogen) atoms. The van der Waals surface area contributed by atoms with Crippen molar-refractivity contribution in [1.29, 1.82) is 0 Å². The maximum Gasteiger partial charge on any atom is 0.326 e. The average molecular weight is 319 g/mol. The number of carbonyl (C=O) groups excluding carboxylic acids is 1. The number of carboxylic acid groups (broad SMARTS) is 1. The van der Waals surface area contributed by atoms with Crippen LogP contribution >= 0.6 is 0 Å². The van der Waals surface area contributed by atoms with Crippen LogP contribution in [0.1, 0.15) is 38.2 Å². The predicted molar refractivity (Wildman–Crippen MR) is 86.9 cm³/mol. The Hall–Kier alpha value is -1.88. The Morgan fingerprint density at radius 1 is 1.30 bits per heavy atom.